The van der Waals surface area contributed by atoms with Crippen LogP contribution in [-0.2, 0) is 19.5 Å². The Bertz CT molecular complexity index is 998. The SMILES string of the molecule is CCOC(=O)c1csc(NC(=O)c2ccc(S(=O)(=O)N(C)CC3CCCO3)cc2)n1. The number of likely N-dealkylation sites (N-methyl/N-ethyl adjacent to an activating group) is 1. The first kappa shape index (κ1) is 22.3. The minimum atomic E-state index is -3.68. The van der Waals surface area contributed by atoms with Gasteiger partial charge in [-0.1, -0.05) is 0 Å². The molecule has 1 aliphatic rings. The Morgan fingerprint density at radius 2 is 2.07 bits per heavy atom. The summed E-state index contributed by atoms with van der Waals surface area (Å²) in [6.07, 6.45) is 1.68. The molecule has 1 saturated heterocycles. The second kappa shape index (κ2) is 9.65. The smallest absolute Gasteiger partial charge is 0.357 e. The number of nitrogens with zero attached hydrogens (tertiary/aromatic N) is 2. The fraction of sp³-hybridized carbons (Fsp3) is 0.421. The number of rotatable bonds is 8. The predicted octanol–water partition coefficient (Wildman–Crippen LogP) is 2.37. The second-order valence-electron chi connectivity index (χ2n) is 6.66. The van der Waals surface area contributed by atoms with Crippen molar-refractivity contribution in [3.8, 4) is 0 Å². The molecule has 1 fully saturated rings. The number of thiazole rings is 1. The Morgan fingerprint density at radius 3 is 2.70 bits per heavy atom. The number of hydrogen-bond acceptors (Lipinski definition) is 8. The van der Waals surface area contributed by atoms with Gasteiger partial charge in [0.1, 0.15) is 0 Å². The van der Waals surface area contributed by atoms with Gasteiger partial charge < -0.3 is 9.47 Å². The highest BCUT2D eigenvalue weighted by Gasteiger charge is 2.26. The van der Waals surface area contributed by atoms with Crippen LogP contribution in [0.5, 0.6) is 0 Å². The number of esters is 1. The number of aromatic nitrogens is 1. The van der Waals surface area contributed by atoms with Crippen LogP contribution in [-0.4, -0.2) is 62.5 Å². The molecule has 1 aromatic heterocycles. The third kappa shape index (κ3) is 5.22. The van der Waals surface area contributed by atoms with Gasteiger partial charge in [0.2, 0.25) is 10.0 Å². The van der Waals surface area contributed by atoms with Crippen LogP contribution in [0.15, 0.2) is 34.5 Å². The van der Waals surface area contributed by atoms with E-state index < -0.39 is 21.9 Å². The van der Waals surface area contributed by atoms with Crippen LogP contribution in [0.3, 0.4) is 0 Å². The van der Waals surface area contributed by atoms with Crippen molar-refractivity contribution in [2.45, 2.75) is 30.8 Å². The summed E-state index contributed by atoms with van der Waals surface area (Å²) >= 11 is 1.09. The van der Waals surface area contributed by atoms with Crippen LogP contribution >= 0.6 is 11.3 Å². The van der Waals surface area contributed by atoms with Crippen molar-refractivity contribution in [3.63, 3.8) is 0 Å². The molecule has 1 unspecified atom stereocenters. The van der Waals surface area contributed by atoms with E-state index in [1.54, 1.807) is 6.92 Å². The zero-order chi connectivity index (χ0) is 21.7. The van der Waals surface area contributed by atoms with Crippen molar-refractivity contribution in [1.29, 1.82) is 0 Å². The molecule has 3 rings (SSSR count). The van der Waals surface area contributed by atoms with E-state index in [2.05, 4.69) is 10.3 Å². The molecule has 0 spiro atoms. The van der Waals surface area contributed by atoms with Crippen molar-refractivity contribution in [1.82, 2.24) is 9.29 Å². The van der Waals surface area contributed by atoms with Gasteiger partial charge in [-0.2, -0.15) is 4.31 Å². The fourth-order valence-electron chi connectivity index (χ4n) is 2.93. The highest BCUT2D eigenvalue weighted by atomic mass is 32.2. The van der Waals surface area contributed by atoms with Crippen molar-refractivity contribution in [3.05, 3.63) is 40.9 Å². The molecule has 1 amide bonds. The molecule has 1 atom stereocenters. The van der Waals surface area contributed by atoms with Crippen LogP contribution < -0.4 is 5.32 Å². The molecule has 1 aromatic carbocycles. The van der Waals surface area contributed by atoms with E-state index in [1.165, 1.54) is 41.0 Å². The average Bonchev–Trinajstić information content (AvgIpc) is 3.40. The Hall–Kier alpha value is -2.34. The van der Waals surface area contributed by atoms with Crippen molar-refractivity contribution >= 4 is 38.4 Å². The van der Waals surface area contributed by atoms with Crippen molar-refractivity contribution < 1.29 is 27.5 Å². The fourth-order valence-corrected chi connectivity index (χ4v) is 4.81. The molecule has 9 nitrogen and oxygen atoms in total. The summed E-state index contributed by atoms with van der Waals surface area (Å²) in [7, 11) is -2.16. The predicted molar refractivity (Wildman–Crippen MR) is 111 cm³/mol. The Kier molecular flexibility index (Phi) is 7.19. The summed E-state index contributed by atoms with van der Waals surface area (Å²) in [5.74, 6) is -1.02. The molecule has 0 aliphatic carbocycles. The molecule has 2 aromatic rings. The summed E-state index contributed by atoms with van der Waals surface area (Å²) in [5, 5.41) is 4.33. The lowest BCUT2D eigenvalue weighted by Gasteiger charge is -2.20. The van der Waals surface area contributed by atoms with Gasteiger partial charge in [0.25, 0.3) is 5.91 Å². The summed E-state index contributed by atoms with van der Waals surface area (Å²) < 4.78 is 37.1. The number of hydrogen-bond donors (Lipinski definition) is 1. The number of sulfonamides is 1. The number of amides is 1. The summed E-state index contributed by atoms with van der Waals surface area (Å²) in [6.45, 7) is 2.87. The lowest BCUT2D eigenvalue weighted by molar-refractivity contribution is 0.0520. The van der Waals surface area contributed by atoms with E-state index in [-0.39, 0.29) is 40.5 Å². The van der Waals surface area contributed by atoms with Gasteiger partial charge in [0.15, 0.2) is 10.8 Å². The Labute approximate surface area is 179 Å². The molecular weight excluding hydrogens is 430 g/mol. The maximum Gasteiger partial charge on any atom is 0.357 e. The Balaban J connectivity index is 1.64. The second-order valence-corrected chi connectivity index (χ2v) is 9.56. The molecule has 2 heterocycles. The lowest BCUT2D eigenvalue weighted by Crippen LogP contribution is -2.34. The van der Waals surface area contributed by atoms with Gasteiger partial charge >= 0.3 is 5.97 Å². The number of ether oxygens (including phenoxy) is 2. The van der Waals surface area contributed by atoms with E-state index >= 15 is 0 Å². The molecular formula is C19H23N3O6S2. The zero-order valence-electron chi connectivity index (χ0n) is 16.7. The first-order valence-corrected chi connectivity index (χ1v) is 11.7. The van der Waals surface area contributed by atoms with E-state index in [1.807, 2.05) is 0 Å². The molecule has 30 heavy (non-hydrogen) atoms. The molecule has 162 valence electrons. The maximum absolute atomic E-state index is 12.7. The first-order valence-electron chi connectivity index (χ1n) is 9.43. The van der Waals surface area contributed by atoms with Gasteiger partial charge in [-0.3, -0.25) is 10.1 Å². The monoisotopic (exact) mass is 453 g/mol. The number of nitrogens with one attached hydrogen (secondary N) is 1. The number of carbonyl (C=O) groups is 2. The summed E-state index contributed by atoms with van der Waals surface area (Å²) in [4.78, 5) is 28.2. The van der Waals surface area contributed by atoms with Crippen LogP contribution in [0.25, 0.3) is 0 Å². The number of anilines is 1. The van der Waals surface area contributed by atoms with Gasteiger partial charge in [-0.05, 0) is 44.0 Å². The molecule has 1 N–H and O–H groups in total. The van der Waals surface area contributed by atoms with E-state index in [0.717, 1.165) is 24.2 Å². The normalized spacial score (nSPS) is 16.6. The number of carbonyl (C=O) groups excluding carboxylic acids is 2. The molecule has 1 aliphatic heterocycles. The third-order valence-electron chi connectivity index (χ3n) is 4.52. The topological polar surface area (TPSA) is 115 Å². The average molecular weight is 454 g/mol. The summed E-state index contributed by atoms with van der Waals surface area (Å²) in [6, 6.07) is 5.65. The van der Waals surface area contributed by atoms with E-state index in [0.29, 0.717) is 6.61 Å². The van der Waals surface area contributed by atoms with Crippen LogP contribution in [0.1, 0.15) is 40.6 Å². The van der Waals surface area contributed by atoms with E-state index in [9.17, 15) is 18.0 Å². The van der Waals surface area contributed by atoms with Crippen molar-refractivity contribution in [2.75, 3.05) is 32.1 Å². The van der Waals surface area contributed by atoms with Crippen LogP contribution in [0.2, 0.25) is 0 Å². The van der Waals surface area contributed by atoms with E-state index in [4.69, 9.17) is 9.47 Å². The Morgan fingerprint density at radius 1 is 1.33 bits per heavy atom. The minimum Gasteiger partial charge on any atom is -0.461 e. The first-order chi connectivity index (χ1) is 14.3. The highest BCUT2D eigenvalue weighted by molar-refractivity contribution is 7.89. The van der Waals surface area contributed by atoms with Gasteiger partial charge in [0.05, 0.1) is 17.6 Å². The van der Waals surface area contributed by atoms with Gasteiger partial charge in [-0.15, -0.1) is 11.3 Å². The standard InChI is InChI=1S/C19H23N3O6S2/c1-3-27-18(24)16-12-29-19(20-16)21-17(23)13-6-8-15(9-7-13)30(25,26)22(2)11-14-5-4-10-28-14/h6-9,12,14H,3-5,10-11H2,1-2H3,(H,20,21,23). The molecule has 0 bridgehead atoms. The zero-order valence-corrected chi connectivity index (χ0v) is 18.3. The highest BCUT2D eigenvalue weighted by Crippen LogP contribution is 2.21. The maximum atomic E-state index is 12.7. The number of benzene rings is 1. The molecule has 0 saturated carbocycles. The largest absolute Gasteiger partial charge is 0.461 e. The van der Waals surface area contributed by atoms with Gasteiger partial charge in [0, 0.05) is 31.1 Å². The molecule has 0 radical (unpaired) electrons. The minimum absolute atomic E-state index is 0.0902. The van der Waals surface area contributed by atoms with Gasteiger partial charge in [-0.25, -0.2) is 18.2 Å². The van der Waals surface area contributed by atoms with Crippen LogP contribution in [0, 0.1) is 0 Å². The summed E-state index contributed by atoms with van der Waals surface area (Å²) in [5.41, 5.74) is 0.386. The quantitative estimate of drug-likeness (QED) is 0.610. The lowest BCUT2D eigenvalue weighted by atomic mass is 10.2. The molecule has 11 heteroatoms. The van der Waals surface area contributed by atoms with Crippen molar-refractivity contribution in [2.24, 2.45) is 0 Å². The third-order valence-corrected chi connectivity index (χ3v) is 7.11. The van der Waals surface area contributed by atoms with Crippen LogP contribution in [0.4, 0.5) is 5.13 Å².